The van der Waals surface area contributed by atoms with Gasteiger partial charge in [-0.25, -0.2) is 0 Å². The van der Waals surface area contributed by atoms with Crippen LogP contribution in [0.15, 0.2) is 22.7 Å². The summed E-state index contributed by atoms with van der Waals surface area (Å²) in [5.74, 6) is -0.707. The van der Waals surface area contributed by atoms with E-state index in [1.54, 1.807) is 18.2 Å². The van der Waals surface area contributed by atoms with Gasteiger partial charge in [-0.2, -0.15) is 0 Å². The second-order valence-electron chi connectivity index (χ2n) is 6.57. The maximum atomic E-state index is 13.2. The van der Waals surface area contributed by atoms with Crippen molar-refractivity contribution < 1.29 is 23.9 Å². The van der Waals surface area contributed by atoms with Crippen molar-refractivity contribution in [3.63, 3.8) is 0 Å². The second kappa shape index (κ2) is 11.0. The van der Waals surface area contributed by atoms with Crippen LogP contribution in [0.4, 0.5) is 0 Å². The third-order valence-electron chi connectivity index (χ3n) is 4.35. The molecule has 154 valence electrons. The Morgan fingerprint density at radius 2 is 2.04 bits per heavy atom. The minimum Gasteiger partial charge on any atom is -0.493 e. The third kappa shape index (κ3) is 5.95. The van der Waals surface area contributed by atoms with Crippen LogP contribution in [0.2, 0.25) is 0 Å². The number of piperazine rings is 1. The van der Waals surface area contributed by atoms with Gasteiger partial charge in [0.05, 0.1) is 25.2 Å². The monoisotopic (exact) mass is 454 g/mol. The average Bonchev–Trinajstić information content (AvgIpc) is 2.68. The highest BCUT2D eigenvalue weighted by molar-refractivity contribution is 9.10. The second-order valence-corrected chi connectivity index (χ2v) is 7.49. The van der Waals surface area contributed by atoms with Crippen molar-refractivity contribution in [3.8, 4) is 5.75 Å². The number of carbonyl (C=O) groups is 3. The first-order valence-corrected chi connectivity index (χ1v) is 10.4. The molecule has 1 aliphatic rings. The first-order valence-electron chi connectivity index (χ1n) is 9.64. The largest absolute Gasteiger partial charge is 0.493 e. The molecule has 1 N–H and O–H groups in total. The number of benzene rings is 1. The normalized spacial score (nSPS) is 16.5. The summed E-state index contributed by atoms with van der Waals surface area (Å²) in [5, 5.41) is 2.72. The Hall–Kier alpha value is -2.09. The number of carbonyl (C=O) groups excluding carboxylic acids is 3. The van der Waals surface area contributed by atoms with Crippen molar-refractivity contribution in [2.45, 2.75) is 45.6 Å². The van der Waals surface area contributed by atoms with Gasteiger partial charge in [-0.1, -0.05) is 36.2 Å². The highest BCUT2D eigenvalue weighted by atomic mass is 79.9. The Kier molecular flexibility index (Phi) is 8.76. The van der Waals surface area contributed by atoms with Crippen molar-refractivity contribution in [1.29, 1.82) is 0 Å². The van der Waals surface area contributed by atoms with Crippen molar-refractivity contribution in [2.24, 2.45) is 0 Å². The smallest absolute Gasteiger partial charge is 0.308 e. The van der Waals surface area contributed by atoms with E-state index in [-0.39, 0.29) is 18.2 Å². The van der Waals surface area contributed by atoms with Crippen LogP contribution in [0, 0.1) is 0 Å². The van der Waals surface area contributed by atoms with E-state index in [0.717, 1.165) is 23.7 Å². The third-order valence-corrected chi connectivity index (χ3v) is 4.84. The quantitative estimate of drug-likeness (QED) is 0.457. The van der Waals surface area contributed by atoms with Gasteiger partial charge in [0.15, 0.2) is 0 Å². The molecule has 1 aromatic rings. The lowest BCUT2D eigenvalue weighted by atomic mass is 10.1. The van der Waals surface area contributed by atoms with Crippen LogP contribution >= 0.6 is 15.9 Å². The van der Waals surface area contributed by atoms with Crippen LogP contribution in [0.3, 0.4) is 0 Å². The Morgan fingerprint density at radius 3 is 2.75 bits per heavy atom. The predicted molar refractivity (Wildman–Crippen MR) is 108 cm³/mol. The van der Waals surface area contributed by atoms with E-state index in [4.69, 9.17) is 9.47 Å². The highest BCUT2D eigenvalue weighted by Gasteiger charge is 2.36. The number of amides is 2. The van der Waals surface area contributed by atoms with E-state index < -0.39 is 12.0 Å². The Balaban J connectivity index is 2.20. The summed E-state index contributed by atoms with van der Waals surface area (Å²) in [6, 6.07) is 4.31. The van der Waals surface area contributed by atoms with Crippen LogP contribution in [0.1, 0.15) is 49.9 Å². The van der Waals surface area contributed by atoms with Crippen LogP contribution < -0.4 is 10.1 Å². The van der Waals surface area contributed by atoms with E-state index in [9.17, 15) is 14.4 Å². The number of rotatable bonds is 9. The summed E-state index contributed by atoms with van der Waals surface area (Å²) < 4.78 is 11.6. The molecule has 8 heteroatoms. The molecule has 0 radical (unpaired) electrons. The SMILES string of the molecule is CCCCOC(=O)C[C@@H]1C(=O)NCCN1C(=O)c1cc(Br)ccc1OCCC. The summed E-state index contributed by atoms with van der Waals surface area (Å²) >= 11 is 3.38. The average molecular weight is 455 g/mol. The minimum atomic E-state index is -0.895. The number of halogens is 1. The standard InChI is InChI=1S/C20H27BrN2O5/c1-3-5-11-28-18(24)13-16-19(25)22-8-9-23(16)20(26)15-12-14(21)6-7-17(15)27-10-4-2/h6-7,12,16H,3-5,8-11,13H2,1-2H3,(H,22,25)/t16-/m1/s1. The van der Waals surface area contributed by atoms with Crippen LogP contribution in [-0.4, -0.2) is 55.0 Å². The number of hydrogen-bond donors (Lipinski definition) is 1. The van der Waals surface area contributed by atoms with Crippen LogP contribution in [0.25, 0.3) is 0 Å². The van der Waals surface area contributed by atoms with E-state index >= 15 is 0 Å². The first kappa shape index (κ1) is 22.2. The molecule has 2 amide bonds. The van der Waals surface area contributed by atoms with Gasteiger partial charge in [-0.15, -0.1) is 0 Å². The lowest BCUT2D eigenvalue weighted by molar-refractivity contribution is -0.147. The molecule has 28 heavy (non-hydrogen) atoms. The molecule has 1 saturated heterocycles. The van der Waals surface area contributed by atoms with Crippen LogP contribution in [-0.2, 0) is 14.3 Å². The molecule has 0 aliphatic carbocycles. The summed E-state index contributed by atoms with van der Waals surface area (Å²) in [6.45, 7) is 5.44. The summed E-state index contributed by atoms with van der Waals surface area (Å²) in [6.07, 6.45) is 2.31. The van der Waals surface area contributed by atoms with E-state index in [1.807, 2.05) is 13.8 Å². The van der Waals surface area contributed by atoms with Gasteiger partial charge in [-0.05, 0) is 31.0 Å². The number of unbranched alkanes of at least 4 members (excludes halogenated alkanes) is 1. The molecule has 0 aromatic heterocycles. The minimum absolute atomic E-state index is 0.166. The Morgan fingerprint density at radius 1 is 1.25 bits per heavy atom. The molecule has 7 nitrogen and oxygen atoms in total. The molecule has 2 rings (SSSR count). The molecule has 0 spiro atoms. The highest BCUT2D eigenvalue weighted by Crippen LogP contribution is 2.26. The van der Waals surface area contributed by atoms with Crippen molar-refractivity contribution >= 4 is 33.7 Å². The van der Waals surface area contributed by atoms with E-state index in [1.165, 1.54) is 4.90 Å². The molecular weight excluding hydrogens is 428 g/mol. The van der Waals surface area contributed by atoms with E-state index in [0.29, 0.717) is 37.6 Å². The van der Waals surface area contributed by atoms with Gasteiger partial charge in [0, 0.05) is 17.6 Å². The molecule has 0 saturated carbocycles. The Labute approximate surface area is 173 Å². The zero-order valence-corrected chi connectivity index (χ0v) is 17.9. The fourth-order valence-electron chi connectivity index (χ4n) is 2.87. The van der Waals surface area contributed by atoms with Gasteiger partial charge in [-0.3, -0.25) is 14.4 Å². The fraction of sp³-hybridized carbons (Fsp3) is 0.550. The van der Waals surface area contributed by atoms with Crippen molar-refractivity contribution in [1.82, 2.24) is 10.2 Å². The molecule has 0 bridgehead atoms. The van der Waals surface area contributed by atoms with Crippen molar-refractivity contribution in [2.75, 3.05) is 26.3 Å². The molecule has 0 unspecified atom stereocenters. The molecule has 1 heterocycles. The molecule has 1 fully saturated rings. The van der Waals surface area contributed by atoms with Gasteiger partial charge >= 0.3 is 5.97 Å². The number of esters is 1. The number of hydrogen-bond acceptors (Lipinski definition) is 5. The fourth-order valence-corrected chi connectivity index (χ4v) is 3.23. The predicted octanol–water partition coefficient (Wildman–Crippen LogP) is 2.91. The Bertz CT molecular complexity index is 710. The topological polar surface area (TPSA) is 84.9 Å². The summed E-state index contributed by atoms with van der Waals surface area (Å²) in [7, 11) is 0. The van der Waals surface area contributed by atoms with Crippen LogP contribution in [0.5, 0.6) is 5.75 Å². The molecular formula is C20H27BrN2O5. The molecule has 1 atom stereocenters. The number of nitrogens with zero attached hydrogens (tertiary/aromatic N) is 1. The zero-order chi connectivity index (χ0) is 20.5. The van der Waals surface area contributed by atoms with Crippen molar-refractivity contribution in [3.05, 3.63) is 28.2 Å². The number of ether oxygens (including phenoxy) is 2. The van der Waals surface area contributed by atoms with E-state index in [2.05, 4.69) is 21.2 Å². The van der Waals surface area contributed by atoms with Gasteiger partial charge < -0.3 is 19.7 Å². The number of nitrogens with one attached hydrogen (secondary N) is 1. The lowest BCUT2D eigenvalue weighted by Crippen LogP contribution is -2.57. The van der Waals surface area contributed by atoms with Gasteiger partial charge in [0.2, 0.25) is 5.91 Å². The summed E-state index contributed by atoms with van der Waals surface area (Å²) in [4.78, 5) is 39.2. The van der Waals surface area contributed by atoms with Gasteiger partial charge in [0.1, 0.15) is 11.8 Å². The maximum Gasteiger partial charge on any atom is 0.308 e. The first-order chi connectivity index (χ1) is 13.5. The molecule has 1 aromatic carbocycles. The maximum absolute atomic E-state index is 13.2. The summed E-state index contributed by atoms with van der Waals surface area (Å²) in [5.41, 5.74) is 0.363. The lowest BCUT2D eigenvalue weighted by Gasteiger charge is -2.35. The molecule has 1 aliphatic heterocycles. The zero-order valence-electron chi connectivity index (χ0n) is 16.3. The van der Waals surface area contributed by atoms with Gasteiger partial charge in [0.25, 0.3) is 5.91 Å².